The summed E-state index contributed by atoms with van der Waals surface area (Å²) in [7, 11) is 0. The van der Waals surface area contributed by atoms with Crippen molar-refractivity contribution >= 4 is 11.8 Å². The van der Waals surface area contributed by atoms with Gasteiger partial charge in [0.15, 0.2) is 0 Å². The summed E-state index contributed by atoms with van der Waals surface area (Å²) in [6.45, 7) is 0. The van der Waals surface area contributed by atoms with Gasteiger partial charge < -0.3 is 4.98 Å². The zero-order valence-corrected chi connectivity index (χ0v) is 8.43. The highest BCUT2D eigenvalue weighted by molar-refractivity contribution is 7.99. The number of nitrogens with one attached hydrogen (secondary N) is 1. The maximum Gasteiger partial charge on any atom is 0.266 e. The molecule has 2 heterocycles. The van der Waals surface area contributed by atoms with Crippen LogP contribution in [0.5, 0.6) is 0 Å². The summed E-state index contributed by atoms with van der Waals surface area (Å²) < 4.78 is 0. The third kappa shape index (κ3) is 1.68. The normalized spacial score (nSPS) is 20.6. The first-order valence-electron chi connectivity index (χ1n) is 4.56. The van der Waals surface area contributed by atoms with Gasteiger partial charge in [0, 0.05) is 10.9 Å². The first-order chi connectivity index (χ1) is 6.81. The molecular formula is C10H10N2OS. The van der Waals surface area contributed by atoms with Crippen LogP contribution in [-0.4, -0.2) is 10.7 Å². The third-order valence-corrected chi connectivity index (χ3v) is 3.75. The van der Waals surface area contributed by atoms with Crippen LogP contribution in [0.2, 0.25) is 0 Å². The van der Waals surface area contributed by atoms with E-state index in [0.717, 1.165) is 17.9 Å². The lowest BCUT2D eigenvalue weighted by molar-refractivity contribution is 0.802. The number of thioether (sulfide) groups is 1. The molecule has 3 nitrogen and oxygen atoms in total. The Morgan fingerprint density at radius 3 is 3.00 bits per heavy atom. The number of pyridine rings is 1. The highest BCUT2D eigenvalue weighted by Crippen LogP contribution is 2.38. The maximum atomic E-state index is 11.3. The molecule has 2 rings (SSSR count). The Bertz CT molecular complexity index is 426. The molecule has 0 radical (unpaired) electrons. The van der Waals surface area contributed by atoms with Crippen LogP contribution in [0, 0.1) is 11.3 Å². The molecule has 0 spiro atoms. The maximum absolute atomic E-state index is 11.3. The van der Waals surface area contributed by atoms with Gasteiger partial charge in [-0.25, -0.2) is 0 Å². The molecule has 0 aromatic carbocycles. The molecule has 0 amide bonds. The molecule has 0 saturated carbocycles. The molecule has 1 unspecified atom stereocenters. The number of nitriles is 1. The van der Waals surface area contributed by atoms with E-state index in [-0.39, 0.29) is 11.1 Å². The van der Waals surface area contributed by atoms with Crippen LogP contribution in [0.4, 0.5) is 0 Å². The van der Waals surface area contributed by atoms with Gasteiger partial charge in [0.25, 0.3) is 5.56 Å². The van der Waals surface area contributed by atoms with Crippen molar-refractivity contribution in [3.05, 3.63) is 33.7 Å². The lowest BCUT2D eigenvalue weighted by Gasteiger charge is -2.07. The second-order valence-corrected chi connectivity index (χ2v) is 4.58. The van der Waals surface area contributed by atoms with E-state index < -0.39 is 0 Å². The Kier molecular flexibility index (Phi) is 2.60. The van der Waals surface area contributed by atoms with Gasteiger partial charge in [-0.05, 0) is 30.7 Å². The monoisotopic (exact) mass is 206 g/mol. The largest absolute Gasteiger partial charge is 0.324 e. The van der Waals surface area contributed by atoms with Gasteiger partial charge in [-0.3, -0.25) is 4.79 Å². The van der Waals surface area contributed by atoms with Crippen LogP contribution in [0.15, 0.2) is 16.9 Å². The Hall–Kier alpha value is -1.21. The van der Waals surface area contributed by atoms with E-state index >= 15 is 0 Å². The second-order valence-electron chi connectivity index (χ2n) is 3.27. The lowest BCUT2D eigenvalue weighted by Crippen LogP contribution is -2.12. The number of H-pyrrole nitrogens is 1. The molecule has 1 aromatic rings. The van der Waals surface area contributed by atoms with Crippen molar-refractivity contribution in [1.82, 2.24) is 4.98 Å². The minimum Gasteiger partial charge on any atom is -0.324 e. The minimum atomic E-state index is -0.266. The Morgan fingerprint density at radius 1 is 1.57 bits per heavy atom. The molecule has 1 atom stereocenters. The lowest BCUT2D eigenvalue weighted by atomic mass is 10.1. The predicted octanol–water partition coefficient (Wildman–Crippen LogP) is 1.81. The highest BCUT2D eigenvalue weighted by atomic mass is 32.2. The Morgan fingerprint density at radius 2 is 2.43 bits per heavy atom. The molecule has 1 N–H and O–H groups in total. The molecule has 1 saturated heterocycles. The molecule has 72 valence electrons. The molecule has 1 aliphatic heterocycles. The van der Waals surface area contributed by atoms with E-state index in [2.05, 4.69) is 4.98 Å². The number of nitrogens with zero attached hydrogens (tertiary/aromatic N) is 1. The summed E-state index contributed by atoms with van der Waals surface area (Å²) in [4.78, 5) is 14.1. The molecule has 1 fully saturated rings. The van der Waals surface area contributed by atoms with Crippen molar-refractivity contribution in [2.75, 3.05) is 5.75 Å². The summed E-state index contributed by atoms with van der Waals surface area (Å²) in [6.07, 6.45) is 2.32. The van der Waals surface area contributed by atoms with E-state index in [1.165, 1.54) is 6.42 Å². The summed E-state index contributed by atoms with van der Waals surface area (Å²) in [5, 5.41) is 9.01. The van der Waals surface area contributed by atoms with Crippen LogP contribution in [0.1, 0.15) is 29.3 Å². The van der Waals surface area contributed by atoms with Gasteiger partial charge in [0.2, 0.25) is 0 Å². The Labute approximate surface area is 86.1 Å². The number of aromatic amines is 1. The summed E-state index contributed by atoms with van der Waals surface area (Å²) in [5.41, 5.74) is 0.880. The number of rotatable bonds is 1. The van der Waals surface area contributed by atoms with Gasteiger partial charge in [0.1, 0.15) is 11.6 Å². The topological polar surface area (TPSA) is 56.6 Å². The number of hydrogen-bond acceptors (Lipinski definition) is 3. The Balaban J connectivity index is 2.33. The van der Waals surface area contributed by atoms with Gasteiger partial charge >= 0.3 is 0 Å². The fraction of sp³-hybridized carbons (Fsp3) is 0.400. The van der Waals surface area contributed by atoms with Crippen LogP contribution in [0.3, 0.4) is 0 Å². The molecule has 4 heteroatoms. The van der Waals surface area contributed by atoms with E-state index in [9.17, 15) is 4.79 Å². The predicted molar refractivity (Wildman–Crippen MR) is 56.2 cm³/mol. The van der Waals surface area contributed by atoms with Crippen molar-refractivity contribution in [2.24, 2.45) is 0 Å². The average molecular weight is 206 g/mol. The SMILES string of the molecule is N#Cc1ccc(C2CCCS2)[nH]c1=O. The summed E-state index contributed by atoms with van der Waals surface area (Å²) in [5.74, 6) is 1.16. The molecular weight excluding hydrogens is 196 g/mol. The molecule has 14 heavy (non-hydrogen) atoms. The van der Waals surface area contributed by atoms with Crippen LogP contribution < -0.4 is 5.56 Å². The van der Waals surface area contributed by atoms with E-state index in [1.807, 2.05) is 23.9 Å². The standard InChI is InChI=1S/C10H10N2OS/c11-6-7-3-4-8(12-10(7)13)9-2-1-5-14-9/h3-4,9H,1-2,5H2,(H,12,13). The molecule has 0 bridgehead atoms. The van der Waals surface area contributed by atoms with Crippen molar-refractivity contribution < 1.29 is 0 Å². The second kappa shape index (κ2) is 3.89. The fourth-order valence-electron chi connectivity index (χ4n) is 1.59. The minimum absolute atomic E-state index is 0.191. The van der Waals surface area contributed by atoms with Gasteiger partial charge in [-0.2, -0.15) is 17.0 Å². The zero-order chi connectivity index (χ0) is 9.97. The van der Waals surface area contributed by atoms with E-state index in [4.69, 9.17) is 5.26 Å². The van der Waals surface area contributed by atoms with E-state index in [1.54, 1.807) is 6.07 Å². The number of aromatic nitrogens is 1. The van der Waals surface area contributed by atoms with Crippen LogP contribution in [0.25, 0.3) is 0 Å². The average Bonchev–Trinajstić information content (AvgIpc) is 2.70. The molecule has 1 aliphatic rings. The molecule has 1 aromatic heterocycles. The van der Waals surface area contributed by atoms with Gasteiger partial charge in [-0.15, -0.1) is 0 Å². The number of hydrogen-bond donors (Lipinski definition) is 1. The zero-order valence-electron chi connectivity index (χ0n) is 7.62. The van der Waals surface area contributed by atoms with Crippen LogP contribution in [-0.2, 0) is 0 Å². The van der Waals surface area contributed by atoms with Crippen molar-refractivity contribution in [3.8, 4) is 6.07 Å². The van der Waals surface area contributed by atoms with Crippen molar-refractivity contribution in [2.45, 2.75) is 18.1 Å². The summed E-state index contributed by atoms with van der Waals surface area (Å²) >= 11 is 1.86. The fourth-order valence-corrected chi connectivity index (χ4v) is 2.86. The van der Waals surface area contributed by atoms with Gasteiger partial charge in [0.05, 0.1) is 0 Å². The highest BCUT2D eigenvalue weighted by Gasteiger charge is 2.18. The first-order valence-corrected chi connectivity index (χ1v) is 5.61. The quantitative estimate of drug-likeness (QED) is 0.762. The third-order valence-electron chi connectivity index (χ3n) is 2.33. The van der Waals surface area contributed by atoms with Crippen molar-refractivity contribution in [3.63, 3.8) is 0 Å². The van der Waals surface area contributed by atoms with E-state index in [0.29, 0.717) is 5.25 Å². The smallest absolute Gasteiger partial charge is 0.266 e. The van der Waals surface area contributed by atoms with Crippen LogP contribution >= 0.6 is 11.8 Å². The van der Waals surface area contributed by atoms with Crippen molar-refractivity contribution in [1.29, 1.82) is 5.26 Å². The van der Waals surface area contributed by atoms with Gasteiger partial charge in [-0.1, -0.05) is 0 Å². The summed E-state index contributed by atoms with van der Waals surface area (Å²) in [6, 6.07) is 5.32. The first kappa shape index (κ1) is 9.35. The molecule has 0 aliphatic carbocycles.